The van der Waals surface area contributed by atoms with Crippen LogP contribution in [0.25, 0.3) is 0 Å². The van der Waals surface area contributed by atoms with Crippen LogP contribution in [0.4, 0.5) is 27.8 Å². The predicted octanol–water partition coefficient (Wildman–Crippen LogP) is 1.55. The number of aliphatic imine (C=N–C) groups is 1. The van der Waals surface area contributed by atoms with Gasteiger partial charge >= 0.3 is 6.09 Å². The third-order valence-corrected chi connectivity index (χ3v) is 4.39. The van der Waals surface area contributed by atoms with Crippen LogP contribution < -0.4 is 16.4 Å². The summed E-state index contributed by atoms with van der Waals surface area (Å²) in [6.45, 7) is 1.45. The topological polar surface area (TPSA) is 187 Å². The Morgan fingerprint density at radius 1 is 1.31 bits per heavy atom. The number of benzene rings is 1. The van der Waals surface area contributed by atoms with E-state index in [2.05, 4.69) is 20.6 Å². The van der Waals surface area contributed by atoms with E-state index in [1.807, 2.05) is 37.3 Å². The zero-order valence-corrected chi connectivity index (χ0v) is 16.2. The molecule has 1 amide bonds. The molecule has 0 saturated carbocycles. The van der Waals surface area contributed by atoms with Crippen molar-refractivity contribution in [3.05, 3.63) is 42.0 Å². The van der Waals surface area contributed by atoms with Crippen LogP contribution in [-0.4, -0.2) is 58.4 Å². The number of carbonyl (C=O) groups is 1. The van der Waals surface area contributed by atoms with Crippen molar-refractivity contribution in [3.8, 4) is 0 Å². The molecule has 11 nitrogen and oxygen atoms in total. The Balaban J connectivity index is 0.000000370. The summed E-state index contributed by atoms with van der Waals surface area (Å²) in [5.74, 6) is -0.233. The molecule has 2 heterocycles. The highest BCUT2D eigenvalue weighted by molar-refractivity contribution is 7.85. The maximum Gasteiger partial charge on any atom is 0.410 e. The normalized spacial score (nSPS) is 15.1. The Morgan fingerprint density at radius 2 is 1.97 bits per heavy atom. The van der Waals surface area contributed by atoms with E-state index < -0.39 is 28.6 Å². The second-order valence-electron chi connectivity index (χ2n) is 5.96. The highest BCUT2D eigenvalue weighted by atomic mass is 32.2. The van der Waals surface area contributed by atoms with E-state index in [1.54, 1.807) is 6.07 Å². The van der Waals surface area contributed by atoms with Gasteiger partial charge in [-0.1, -0.05) is 30.3 Å². The number of nitrogens with one attached hydrogen (secondary N) is 2. The van der Waals surface area contributed by atoms with Crippen molar-refractivity contribution in [3.63, 3.8) is 0 Å². The molecule has 0 spiro atoms. The zero-order chi connectivity index (χ0) is 21.6. The van der Waals surface area contributed by atoms with Gasteiger partial charge in [0.15, 0.2) is 5.82 Å². The lowest BCUT2D eigenvalue weighted by atomic mass is 10.0. The van der Waals surface area contributed by atoms with Crippen molar-refractivity contribution < 1.29 is 28.0 Å². The average Bonchev–Trinajstić information content (AvgIpc) is 2.61. The first-order valence-corrected chi connectivity index (χ1v) is 9.98. The summed E-state index contributed by atoms with van der Waals surface area (Å²) in [5, 5.41) is 22.1. The Morgan fingerprint density at radius 3 is 2.48 bits per heavy atom. The summed E-state index contributed by atoms with van der Waals surface area (Å²) >= 11 is 0. The van der Waals surface area contributed by atoms with E-state index in [0.717, 1.165) is 11.3 Å². The maximum atomic E-state index is 10.7. The third-order valence-electron chi connectivity index (χ3n) is 3.69. The van der Waals surface area contributed by atoms with Crippen molar-refractivity contribution >= 4 is 44.9 Å². The zero-order valence-electron chi connectivity index (χ0n) is 15.4. The Bertz CT molecular complexity index is 1010. The molecule has 0 aliphatic carbocycles. The molecule has 0 fully saturated rings. The molecular weight excluding hydrogens is 402 g/mol. The summed E-state index contributed by atoms with van der Waals surface area (Å²) in [4.78, 5) is 19.3. The number of hydrogen-bond donors (Lipinski definition) is 6. The number of amides is 1. The predicted molar refractivity (Wildman–Crippen MR) is 110 cm³/mol. The van der Waals surface area contributed by atoms with Gasteiger partial charge in [0.05, 0.1) is 29.8 Å². The van der Waals surface area contributed by atoms with Crippen LogP contribution >= 0.6 is 0 Å². The molecule has 7 N–H and O–H groups in total. The number of aliphatic hydroxyl groups excluding tert-OH is 1. The number of nitrogens with zero attached hydrogens (tertiary/aromatic N) is 2. The number of rotatable bonds is 4. The number of carboxylic acid groups (broad SMARTS) is 1. The van der Waals surface area contributed by atoms with Crippen LogP contribution in [0.1, 0.15) is 12.5 Å². The fourth-order valence-electron chi connectivity index (χ4n) is 2.52. The summed E-state index contributed by atoms with van der Waals surface area (Å²) < 4.78 is 27.1. The van der Waals surface area contributed by atoms with Gasteiger partial charge in [-0.2, -0.15) is 8.42 Å². The molecule has 3 rings (SSSR count). The van der Waals surface area contributed by atoms with Crippen LogP contribution in [0.15, 0.2) is 41.4 Å². The molecule has 0 bridgehead atoms. The van der Waals surface area contributed by atoms with Gasteiger partial charge in [0.1, 0.15) is 11.5 Å². The van der Waals surface area contributed by atoms with E-state index in [0.29, 0.717) is 11.4 Å². The first kappa shape index (κ1) is 22.1. The van der Waals surface area contributed by atoms with E-state index >= 15 is 0 Å². The van der Waals surface area contributed by atoms with Gasteiger partial charge in [0.25, 0.3) is 10.1 Å². The molecule has 0 saturated heterocycles. The van der Waals surface area contributed by atoms with E-state index in [-0.39, 0.29) is 17.7 Å². The summed E-state index contributed by atoms with van der Waals surface area (Å²) in [6.07, 6.45) is -1.19. The average molecular weight is 423 g/mol. The standard InChI is InChI=1S/C15H15N5O2.C2H6O4S/c1-8-12(9-5-3-2-4-6-9)20-13-10(17-8)7-11(18-14(13)16)19-15(21)22;3-1-2-7(4,5)6/h2-8,17H,1H3,(H,21,22)(H3,16,18,19);3H,1-2H2,(H,4,5,6)/t8-;/m1./s1. The van der Waals surface area contributed by atoms with Crippen molar-refractivity contribution in [2.45, 2.75) is 13.0 Å². The number of fused-ring (bicyclic) bond motifs is 1. The number of nitrogen functional groups attached to an aromatic ring is 1. The third kappa shape index (κ3) is 6.41. The van der Waals surface area contributed by atoms with Crippen LogP contribution in [0.3, 0.4) is 0 Å². The van der Waals surface area contributed by atoms with Crippen molar-refractivity contribution in [1.29, 1.82) is 0 Å². The van der Waals surface area contributed by atoms with Crippen LogP contribution in [-0.2, 0) is 10.1 Å². The molecule has 156 valence electrons. The van der Waals surface area contributed by atoms with E-state index in [9.17, 15) is 13.2 Å². The number of nitrogens with two attached hydrogens (primary N) is 1. The number of aliphatic hydroxyl groups is 1. The second-order valence-corrected chi connectivity index (χ2v) is 7.53. The van der Waals surface area contributed by atoms with Gasteiger partial charge in [-0.15, -0.1) is 0 Å². The first-order valence-electron chi connectivity index (χ1n) is 8.37. The Labute approximate surface area is 167 Å². The van der Waals surface area contributed by atoms with Crippen molar-refractivity contribution in [2.75, 3.05) is 28.7 Å². The number of pyridine rings is 1. The maximum absolute atomic E-state index is 10.7. The van der Waals surface area contributed by atoms with Crippen LogP contribution in [0.2, 0.25) is 0 Å². The minimum atomic E-state index is -3.92. The van der Waals surface area contributed by atoms with E-state index in [4.69, 9.17) is 20.5 Å². The molecule has 1 atom stereocenters. The Kier molecular flexibility index (Phi) is 7.09. The highest BCUT2D eigenvalue weighted by Gasteiger charge is 2.23. The SMILES string of the molecule is C[C@H]1Nc2cc(NC(=O)O)nc(N)c2N=C1c1ccccc1.O=S(=O)(O)CCO. The minimum absolute atomic E-state index is 0.0330. The molecular formula is C17H21N5O6S. The molecule has 1 aliphatic rings. The van der Waals surface area contributed by atoms with Crippen molar-refractivity contribution in [1.82, 2.24) is 4.98 Å². The van der Waals surface area contributed by atoms with Crippen molar-refractivity contribution in [2.24, 2.45) is 4.99 Å². The number of anilines is 3. The first-order chi connectivity index (χ1) is 13.6. The minimum Gasteiger partial charge on any atom is -0.465 e. The largest absolute Gasteiger partial charge is 0.465 e. The van der Waals surface area contributed by atoms with Crippen LogP contribution in [0.5, 0.6) is 0 Å². The van der Waals surface area contributed by atoms with Crippen LogP contribution in [0, 0.1) is 0 Å². The molecule has 1 aromatic carbocycles. The molecule has 0 unspecified atom stereocenters. The Hall–Kier alpha value is -3.22. The highest BCUT2D eigenvalue weighted by Crippen LogP contribution is 2.37. The lowest BCUT2D eigenvalue weighted by molar-refractivity contribution is 0.209. The smallest absolute Gasteiger partial charge is 0.410 e. The molecule has 1 aromatic heterocycles. The van der Waals surface area contributed by atoms with E-state index in [1.165, 1.54) is 0 Å². The lowest BCUT2D eigenvalue weighted by Crippen LogP contribution is -2.30. The molecule has 2 aromatic rings. The number of aromatic nitrogens is 1. The lowest BCUT2D eigenvalue weighted by Gasteiger charge is -2.25. The van der Waals surface area contributed by atoms with Gasteiger partial charge in [0.2, 0.25) is 0 Å². The fraction of sp³-hybridized carbons (Fsp3) is 0.235. The fourth-order valence-corrected chi connectivity index (χ4v) is 2.75. The quantitative estimate of drug-likeness (QED) is 0.396. The molecule has 29 heavy (non-hydrogen) atoms. The van der Waals surface area contributed by atoms with Gasteiger partial charge in [0, 0.05) is 6.07 Å². The van der Waals surface area contributed by atoms with Gasteiger partial charge in [-0.05, 0) is 12.5 Å². The molecule has 12 heteroatoms. The monoisotopic (exact) mass is 423 g/mol. The van der Waals surface area contributed by atoms with Gasteiger partial charge < -0.3 is 21.3 Å². The molecule has 1 aliphatic heterocycles. The second kappa shape index (κ2) is 9.32. The number of hydrogen-bond acceptors (Lipinski definition) is 8. The molecule has 0 radical (unpaired) electrons. The van der Waals surface area contributed by atoms with Gasteiger partial charge in [-0.3, -0.25) is 9.87 Å². The van der Waals surface area contributed by atoms with Gasteiger partial charge in [-0.25, -0.2) is 14.8 Å². The summed E-state index contributed by atoms with van der Waals surface area (Å²) in [5.41, 5.74) is 8.95. The summed E-state index contributed by atoms with van der Waals surface area (Å²) in [6, 6.07) is 11.3. The summed E-state index contributed by atoms with van der Waals surface area (Å²) in [7, 11) is -3.92.